The Hall–Kier alpha value is -2.56. The van der Waals surface area contributed by atoms with Crippen LogP contribution < -0.4 is 10.3 Å². The number of pyridine rings is 1. The van der Waals surface area contributed by atoms with Crippen molar-refractivity contribution in [3.05, 3.63) is 52.8 Å². The van der Waals surface area contributed by atoms with Gasteiger partial charge in [-0.2, -0.15) is 0 Å². The Morgan fingerprint density at radius 3 is 2.81 bits per heavy atom. The summed E-state index contributed by atoms with van der Waals surface area (Å²) >= 11 is 0. The van der Waals surface area contributed by atoms with Crippen LogP contribution in [0.3, 0.4) is 0 Å². The third-order valence-corrected chi connectivity index (χ3v) is 3.46. The van der Waals surface area contributed by atoms with Gasteiger partial charge < -0.3 is 14.5 Å². The van der Waals surface area contributed by atoms with Crippen LogP contribution >= 0.6 is 0 Å². The Kier molecular flexibility index (Phi) is 3.05. The largest absolute Gasteiger partial charge is 0.489 e. The van der Waals surface area contributed by atoms with Gasteiger partial charge in [0.2, 0.25) is 5.56 Å². The van der Waals surface area contributed by atoms with Crippen LogP contribution in [-0.2, 0) is 9.53 Å². The van der Waals surface area contributed by atoms with Gasteiger partial charge in [-0.05, 0) is 30.5 Å². The maximum absolute atomic E-state index is 11.4. The zero-order chi connectivity index (χ0) is 15.0. The number of rotatable bonds is 3. The number of hydrogen-bond donors (Lipinski definition) is 1. The first-order chi connectivity index (χ1) is 9.95. The van der Waals surface area contributed by atoms with Crippen LogP contribution in [0.1, 0.15) is 13.3 Å². The number of fused-ring (bicyclic) bond motifs is 1. The minimum absolute atomic E-state index is 0.160. The molecule has 5 heteroatoms. The lowest BCUT2D eigenvalue weighted by molar-refractivity contribution is -0.147. The average molecular weight is 285 g/mol. The predicted octanol–water partition coefficient (Wildman–Crippen LogP) is 2.17. The van der Waals surface area contributed by atoms with Crippen molar-refractivity contribution in [2.75, 3.05) is 6.61 Å². The first-order valence-electron chi connectivity index (χ1n) is 6.62. The maximum atomic E-state index is 11.4. The van der Waals surface area contributed by atoms with Gasteiger partial charge in [-0.25, -0.2) is 4.79 Å². The smallest absolute Gasteiger partial charge is 0.334 e. The molecule has 1 aliphatic heterocycles. The topological polar surface area (TPSA) is 68.4 Å². The molecule has 0 saturated carbocycles. The van der Waals surface area contributed by atoms with E-state index < -0.39 is 5.60 Å². The molecule has 1 aliphatic rings. The molecule has 1 unspecified atom stereocenters. The molecule has 3 rings (SSSR count). The summed E-state index contributed by atoms with van der Waals surface area (Å²) in [5.74, 6) is 0.239. The average Bonchev–Trinajstić information content (AvgIpc) is 2.70. The van der Waals surface area contributed by atoms with E-state index in [0.717, 1.165) is 5.39 Å². The molecule has 0 spiro atoms. The number of ether oxygens (including phenoxy) is 2. The highest BCUT2D eigenvalue weighted by Crippen LogP contribution is 2.30. The van der Waals surface area contributed by atoms with E-state index in [2.05, 4.69) is 11.6 Å². The number of nitrogens with one attached hydrogen (secondary N) is 1. The molecule has 2 heterocycles. The second-order valence-electron chi connectivity index (χ2n) is 5.48. The molecule has 108 valence electrons. The van der Waals surface area contributed by atoms with Crippen molar-refractivity contribution in [2.24, 2.45) is 0 Å². The number of hydrogen-bond acceptors (Lipinski definition) is 4. The van der Waals surface area contributed by atoms with E-state index in [0.29, 0.717) is 23.3 Å². The van der Waals surface area contributed by atoms with Crippen molar-refractivity contribution in [1.29, 1.82) is 0 Å². The van der Waals surface area contributed by atoms with Crippen molar-refractivity contribution in [3.8, 4) is 5.75 Å². The molecule has 0 bridgehead atoms. The van der Waals surface area contributed by atoms with Crippen LogP contribution in [0.2, 0.25) is 0 Å². The molecule has 1 atom stereocenters. The predicted molar refractivity (Wildman–Crippen MR) is 78.3 cm³/mol. The SMILES string of the molecule is C=C1CC(C)(COc2ccc3ccc(=O)[nH]c3c2)OC1=O. The summed E-state index contributed by atoms with van der Waals surface area (Å²) in [5, 5.41) is 0.925. The van der Waals surface area contributed by atoms with Gasteiger partial charge in [0.05, 0.1) is 5.52 Å². The van der Waals surface area contributed by atoms with Crippen LogP contribution in [0.5, 0.6) is 5.75 Å². The van der Waals surface area contributed by atoms with E-state index in [1.54, 1.807) is 12.1 Å². The molecule has 0 amide bonds. The molecule has 21 heavy (non-hydrogen) atoms. The number of aromatic nitrogens is 1. The number of esters is 1. The fourth-order valence-corrected chi connectivity index (χ4v) is 2.39. The highest BCUT2D eigenvalue weighted by molar-refractivity contribution is 5.90. The first kappa shape index (κ1) is 13.4. The summed E-state index contributed by atoms with van der Waals surface area (Å²) in [6, 6.07) is 8.67. The van der Waals surface area contributed by atoms with E-state index >= 15 is 0 Å². The van der Waals surface area contributed by atoms with E-state index in [1.807, 2.05) is 19.1 Å². The normalized spacial score (nSPS) is 21.6. The number of H-pyrrole nitrogens is 1. The fourth-order valence-electron chi connectivity index (χ4n) is 2.39. The lowest BCUT2D eigenvalue weighted by atomic mass is 10.0. The van der Waals surface area contributed by atoms with Crippen molar-refractivity contribution >= 4 is 16.9 Å². The quantitative estimate of drug-likeness (QED) is 0.693. The molecule has 1 saturated heterocycles. The highest BCUT2D eigenvalue weighted by Gasteiger charge is 2.39. The molecule has 1 aromatic carbocycles. The molecule has 1 N–H and O–H groups in total. The molecule has 0 radical (unpaired) electrons. The zero-order valence-electron chi connectivity index (χ0n) is 11.6. The van der Waals surface area contributed by atoms with Gasteiger partial charge >= 0.3 is 5.97 Å². The van der Waals surface area contributed by atoms with Gasteiger partial charge in [0.15, 0.2) is 0 Å². The van der Waals surface area contributed by atoms with E-state index in [4.69, 9.17) is 9.47 Å². The zero-order valence-corrected chi connectivity index (χ0v) is 11.6. The van der Waals surface area contributed by atoms with E-state index in [9.17, 15) is 9.59 Å². The van der Waals surface area contributed by atoms with Crippen LogP contribution in [-0.4, -0.2) is 23.2 Å². The van der Waals surface area contributed by atoms with Crippen LogP contribution in [0.25, 0.3) is 10.9 Å². The Morgan fingerprint density at radius 1 is 1.33 bits per heavy atom. The minimum Gasteiger partial charge on any atom is -0.489 e. The van der Waals surface area contributed by atoms with Gasteiger partial charge in [0, 0.05) is 24.1 Å². The summed E-state index contributed by atoms with van der Waals surface area (Å²) in [6.07, 6.45) is 0.455. The lowest BCUT2D eigenvalue weighted by Gasteiger charge is -2.22. The Morgan fingerprint density at radius 2 is 2.10 bits per heavy atom. The Balaban J connectivity index is 1.78. The molecule has 2 aromatic rings. The van der Waals surface area contributed by atoms with E-state index in [-0.39, 0.29) is 18.1 Å². The lowest BCUT2D eigenvalue weighted by Crippen LogP contribution is -2.32. The molecule has 1 aromatic heterocycles. The number of carbonyl (C=O) groups is 1. The standard InChI is InChI=1S/C16H15NO4/c1-10-8-16(2,21-15(10)19)9-20-12-5-3-11-4-6-14(18)17-13(11)7-12/h3-7H,1,8-9H2,2H3,(H,17,18). The third kappa shape index (κ3) is 2.67. The maximum Gasteiger partial charge on any atom is 0.334 e. The second-order valence-corrected chi connectivity index (χ2v) is 5.48. The van der Waals surface area contributed by atoms with E-state index in [1.165, 1.54) is 6.07 Å². The summed E-state index contributed by atoms with van der Waals surface area (Å²) in [5.41, 5.74) is 0.322. The molecular formula is C16H15NO4. The number of cyclic esters (lactones) is 1. The van der Waals surface area contributed by atoms with Gasteiger partial charge in [0.25, 0.3) is 0 Å². The third-order valence-electron chi connectivity index (χ3n) is 3.46. The monoisotopic (exact) mass is 285 g/mol. The second kappa shape index (κ2) is 4.77. The first-order valence-corrected chi connectivity index (χ1v) is 6.62. The molecular weight excluding hydrogens is 270 g/mol. The summed E-state index contributed by atoms with van der Waals surface area (Å²) in [7, 11) is 0. The van der Waals surface area contributed by atoms with Crippen molar-refractivity contribution in [3.63, 3.8) is 0 Å². The van der Waals surface area contributed by atoms with Crippen LogP contribution in [0.4, 0.5) is 0 Å². The van der Waals surface area contributed by atoms with Gasteiger partial charge in [-0.1, -0.05) is 6.58 Å². The number of benzene rings is 1. The Bertz CT molecular complexity index is 774. The molecule has 1 fully saturated rings. The Labute approximate surface area is 121 Å². The van der Waals surface area contributed by atoms with Crippen molar-refractivity contribution in [1.82, 2.24) is 4.98 Å². The summed E-state index contributed by atoms with van der Waals surface area (Å²) in [6.45, 7) is 5.71. The van der Waals surface area contributed by atoms with Crippen LogP contribution in [0.15, 0.2) is 47.3 Å². The summed E-state index contributed by atoms with van der Waals surface area (Å²) < 4.78 is 11.0. The van der Waals surface area contributed by atoms with Crippen LogP contribution in [0, 0.1) is 0 Å². The minimum atomic E-state index is -0.687. The molecule has 5 nitrogen and oxygen atoms in total. The number of aromatic amines is 1. The van der Waals surface area contributed by atoms with Gasteiger partial charge in [-0.3, -0.25) is 4.79 Å². The van der Waals surface area contributed by atoms with Gasteiger partial charge in [-0.15, -0.1) is 0 Å². The van der Waals surface area contributed by atoms with Crippen molar-refractivity contribution in [2.45, 2.75) is 18.9 Å². The molecule has 0 aliphatic carbocycles. The summed E-state index contributed by atoms with van der Waals surface area (Å²) in [4.78, 5) is 25.5. The van der Waals surface area contributed by atoms with Gasteiger partial charge in [0.1, 0.15) is 18.0 Å². The number of carbonyl (C=O) groups excluding carboxylic acids is 1. The van der Waals surface area contributed by atoms with Crippen molar-refractivity contribution < 1.29 is 14.3 Å². The highest BCUT2D eigenvalue weighted by atomic mass is 16.6. The fraction of sp³-hybridized carbons (Fsp3) is 0.250.